The fourth-order valence-corrected chi connectivity index (χ4v) is 5.73. The van der Waals surface area contributed by atoms with Crippen LogP contribution in [0.4, 0.5) is 0 Å². The summed E-state index contributed by atoms with van der Waals surface area (Å²) in [4.78, 5) is 29.0. The Morgan fingerprint density at radius 2 is 1.77 bits per heavy atom. The number of methoxy groups -OCH3 is 2. The standard InChI is InChI=1S/C31H45N3O5/c1-21-22(2)33(3)30(35)18-28(21)27-10-11-32-19-29(27)31(36)34(25-8-9-25)20-24-15-23(7-6-12-37-4)16-26(17-24)39-14-13-38-5/h15-18,25,27,29,32H,6-14,19-20H2,1-5H3/t27-,29+/m0/s1. The summed E-state index contributed by atoms with van der Waals surface area (Å²) < 4.78 is 18.1. The molecule has 2 atom stereocenters. The van der Waals surface area contributed by atoms with Crippen molar-refractivity contribution in [1.82, 2.24) is 14.8 Å². The third-order valence-corrected chi connectivity index (χ3v) is 8.31. The number of hydrogen-bond donors (Lipinski definition) is 1. The first kappa shape index (κ1) is 29.3. The monoisotopic (exact) mass is 539 g/mol. The number of carbonyl (C=O) groups excluding carboxylic acids is 1. The highest BCUT2D eigenvalue weighted by Gasteiger charge is 2.40. The van der Waals surface area contributed by atoms with Crippen LogP contribution in [0.25, 0.3) is 0 Å². The SMILES string of the molecule is COCCCc1cc(CN(C(=O)[C@@H]2CNCC[C@H]2c2cc(=O)n(C)c(C)c2C)C2CC2)cc(OCCOC)c1. The summed E-state index contributed by atoms with van der Waals surface area (Å²) in [6.07, 6.45) is 4.72. The van der Waals surface area contributed by atoms with E-state index in [1.807, 2.05) is 14.0 Å². The van der Waals surface area contributed by atoms with Gasteiger partial charge in [-0.25, -0.2) is 0 Å². The Morgan fingerprint density at radius 1 is 1.03 bits per heavy atom. The van der Waals surface area contributed by atoms with Crippen LogP contribution >= 0.6 is 0 Å². The Bertz CT molecular complexity index is 1160. The van der Waals surface area contributed by atoms with Crippen molar-refractivity contribution in [2.45, 2.75) is 64.5 Å². The summed E-state index contributed by atoms with van der Waals surface area (Å²) in [5, 5.41) is 3.45. The Morgan fingerprint density at radius 3 is 2.49 bits per heavy atom. The van der Waals surface area contributed by atoms with Crippen molar-refractivity contribution in [3.8, 4) is 5.75 Å². The fraction of sp³-hybridized carbons (Fsp3) is 0.613. The van der Waals surface area contributed by atoms with Gasteiger partial charge in [-0.15, -0.1) is 0 Å². The molecule has 1 aliphatic heterocycles. The van der Waals surface area contributed by atoms with E-state index in [4.69, 9.17) is 14.2 Å². The van der Waals surface area contributed by atoms with E-state index < -0.39 is 0 Å². The minimum atomic E-state index is -0.202. The van der Waals surface area contributed by atoms with Crippen LogP contribution in [0.5, 0.6) is 5.75 Å². The second-order valence-corrected chi connectivity index (χ2v) is 11.0. The maximum absolute atomic E-state index is 14.2. The van der Waals surface area contributed by atoms with Gasteiger partial charge in [0.15, 0.2) is 0 Å². The predicted molar refractivity (Wildman–Crippen MR) is 152 cm³/mol. The van der Waals surface area contributed by atoms with Crippen molar-refractivity contribution in [3.63, 3.8) is 0 Å². The molecular formula is C31H45N3O5. The van der Waals surface area contributed by atoms with Crippen molar-refractivity contribution < 1.29 is 19.0 Å². The molecule has 2 fully saturated rings. The van der Waals surface area contributed by atoms with Crippen LogP contribution in [-0.4, -0.2) is 68.5 Å². The maximum atomic E-state index is 14.2. The van der Waals surface area contributed by atoms with E-state index in [9.17, 15) is 9.59 Å². The van der Waals surface area contributed by atoms with Gasteiger partial charge in [-0.2, -0.15) is 0 Å². The summed E-state index contributed by atoms with van der Waals surface area (Å²) in [5.41, 5.74) is 5.36. The van der Waals surface area contributed by atoms with Gasteiger partial charge in [0, 0.05) is 58.8 Å². The number of aryl methyl sites for hydroxylation is 1. The molecule has 1 aromatic carbocycles. The number of pyridine rings is 1. The molecule has 1 amide bonds. The first-order valence-corrected chi connectivity index (χ1v) is 14.3. The van der Waals surface area contributed by atoms with E-state index in [2.05, 4.69) is 35.3 Å². The highest BCUT2D eigenvalue weighted by Crippen LogP contribution is 2.37. The molecule has 8 nitrogen and oxygen atoms in total. The van der Waals surface area contributed by atoms with E-state index in [-0.39, 0.29) is 29.3 Å². The molecule has 2 aliphatic rings. The molecule has 0 bridgehead atoms. The van der Waals surface area contributed by atoms with Crippen LogP contribution in [0.1, 0.15) is 59.5 Å². The number of rotatable bonds is 13. The molecular weight excluding hydrogens is 494 g/mol. The van der Waals surface area contributed by atoms with E-state index >= 15 is 0 Å². The quantitative estimate of drug-likeness (QED) is 0.393. The Hall–Kier alpha value is -2.68. The molecule has 0 radical (unpaired) electrons. The largest absolute Gasteiger partial charge is 0.491 e. The van der Waals surface area contributed by atoms with Crippen LogP contribution in [0.2, 0.25) is 0 Å². The molecule has 0 spiro atoms. The molecule has 39 heavy (non-hydrogen) atoms. The minimum Gasteiger partial charge on any atom is -0.491 e. The second-order valence-electron chi connectivity index (χ2n) is 11.0. The average Bonchev–Trinajstić information content (AvgIpc) is 3.78. The van der Waals surface area contributed by atoms with Crippen molar-refractivity contribution in [2.75, 3.05) is 47.1 Å². The van der Waals surface area contributed by atoms with Crippen molar-refractivity contribution in [3.05, 3.63) is 62.6 Å². The highest BCUT2D eigenvalue weighted by atomic mass is 16.5. The van der Waals surface area contributed by atoms with Crippen LogP contribution in [0.15, 0.2) is 29.1 Å². The number of nitrogens with one attached hydrogen (secondary N) is 1. The van der Waals surface area contributed by atoms with Gasteiger partial charge in [-0.05, 0) is 92.8 Å². The van der Waals surface area contributed by atoms with Gasteiger partial charge in [0.2, 0.25) is 5.91 Å². The Kier molecular flexibility index (Phi) is 10.2. The van der Waals surface area contributed by atoms with Crippen molar-refractivity contribution in [2.24, 2.45) is 13.0 Å². The van der Waals surface area contributed by atoms with Crippen molar-refractivity contribution >= 4 is 5.91 Å². The number of piperidine rings is 1. The van der Waals surface area contributed by atoms with Crippen molar-refractivity contribution in [1.29, 1.82) is 0 Å². The summed E-state index contributed by atoms with van der Waals surface area (Å²) in [7, 11) is 5.20. The van der Waals surface area contributed by atoms with Gasteiger partial charge in [0.1, 0.15) is 12.4 Å². The zero-order valence-electron chi connectivity index (χ0n) is 24.3. The van der Waals surface area contributed by atoms with Gasteiger partial charge in [-0.1, -0.05) is 6.07 Å². The summed E-state index contributed by atoms with van der Waals surface area (Å²) in [5.74, 6) is 0.815. The number of carbonyl (C=O) groups is 1. The summed E-state index contributed by atoms with van der Waals surface area (Å²) >= 11 is 0. The molecule has 4 rings (SSSR count). The first-order valence-electron chi connectivity index (χ1n) is 14.3. The smallest absolute Gasteiger partial charge is 0.250 e. The molecule has 8 heteroatoms. The molecule has 1 saturated carbocycles. The number of hydrogen-bond acceptors (Lipinski definition) is 6. The molecule has 0 unspecified atom stereocenters. The normalized spacial score (nSPS) is 19.2. The molecule has 1 saturated heterocycles. The Balaban J connectivity index is 1.59. The number of benzene rings is 1. The fourth-order valence-electron chi connectivity index (χ4n) is 5.73. The highest BCUT2D eigenvalue weighted by molar-refractivity contribution is 5.81. The second kappa shape index (κ2) is 13.6. The lowest BCUT2D eigenvalue weighted by molar-refractivity contribution is -0.138. The Labute approximate surface area is 232 Å². The number of amides is 1. The van der Waals surface area contributed by atoms with Gasteiger partial charge >= 0.3 is 0 Å². The molecule has 2 aromatic rings. The van der Waals surface area contributed by atoms with Gasteiger partial charge < -0.3 is 29.0 Å². The lowest BCUT2D eigenvalue weighted by Crippen LogP contribution is -2.47. The molecule has 1 aromatic heterocycles. The zero-order valence-corrected chi connectivity index (χ0v) is 24.3. The minimum absolute atomic E-state index is 0.0110. The molecule has 214 valence electrons. The van der Waals surface area contributed by atoms with Gasteiger partial charge in [0.05, 0.1) is 12.5 Å². The maximum Gasteiger partial charge on any atom is 0.250 e. The lowest BCUT2D eigenvalue weighted by atomic mass is 9.78. The van der Waals surface area contributed by atoms with E-state index in [0.29, 0.717) is 32.9 Å². The molecule has 1 N–H and O–H groups in total. The van der Waals surface area contributed by atoms with Gasteiger partial charge in [-0.3, -0.25) is 9.59 Å². The molecule has 1 aliphatic carbocycles. The number of aromatic nitrogens is 1. The van der Waals surface area contributed by atoms with Crippen LogP contribution in [-0.2, 0) is 34.3 Å². The van der Waals surface area contributed by atoms with Gasteiger partial charge in [0.25, 0.3) is 5.56 Å². The van der Waals surface area contributed by atoms with E-state index in [0.717, 1.165) is 66.8 Å². The summed E-state index contributed by atoms with van der Waals surface area (Å²) in [6, 6.07) is 8.37. The predicted octanol–water partition coefficient (Wildman–Crippen LogP) is 3.49. The van der Waals surface area contributed by atoms with Crippen LogP contribution in [0.3, 0.4) is 0 Å². The van der Waals surface area contributed by atoms with Crippen LogP contribution < -0.4 is 15.6 Å². The van der Waals surface area contributed by atoms with Crippen LogP contribution in [0, 0.1) is 19.8 Å². The number of ether oxygens (including phenoxy) is 3. The van der Waals surface area contributed by atoms with E-state index in [1.165, 1.54) is 5.56 Å². The molecule has 2 heterocycles. The third kappa shape index (κ3) is 7.29. The van der Waals surface area contributed by atoms with E-state index in [1.54, 1.807) is 24.9 Å². The zero-order chi connectivity index (χ0) is 27.9. The topological polar surface area (TPSA) is 82.0 Å². The number of nitrogens with zero attached hydrogens (tertiary/aromatic N) is 2. The lowest BCUT2D eigenvalue weighted by Gasteiger charge is -2.36. The first-order chi connectivity index (χ1) is 18.8. The third-order valence-electron chi connectivity index (χ3n) is 8.31. The summed E-state index contributed by atoms with van der Waals surface area (Å²) in [6.45, 7) is 7.79. The average molecular weight is 540 g/mol.